The number of carboxylic acids is 1. The number of rotatable bonds is 4. The molecule has 1 aliphatic rings. The van der Waals surface area contributed by atoms with Gasteiger partial charge in [0.25, 0.3) is 0 Å². The minimum atomic E-state index is -0.822. The zero-order valence-electron chi connectivity index (χ0n) is 12.5. The standard InChI is InChI=1S/C16H22N2O3/c1-11-4-3-5-13(8-11)6-7-17-16(21)18-9-12(2)14(10-18)15(19)20/h3-5,8,12,14H,6-7,9-10H2,1-2H3,(H,17,21)(H,19,20). The van der Waals surface area contributed by atoms with Crippen LogP contribution in [0.4, 0.5) is 4.79 Å². The van der Waals surface area contributed by atoms with E-state index in [1.165, 1.54) is 11.1 Å². The lowest BCUT2D eigenvalue weighted by Gasteiger charge is -2.16. The van der Waals surface area contributed by atoms with Crippen LogP contribution in [-0.4, -0.2) is 41.6 Å². The summed E-state index contributed by atoms with van der Waals surface area (Å²) >= 11 is 0. The van der Waals surface area contributed by atoms with E-state index in [0.717, 1.165) is 6.42 Å². The van der Waals surface area contributed by atoms with Gasteiger partial charge in [0.15, 0.2) is 0 Å². The first-order valence-corrected chi connectivity index (χ1v) is 7.28. The van der Waals surface area contributed by atoms with Gasteiger partial charge in [0, 0.05) is 19.6 Å². The van der Waals surface area contributed by atoms with E-state index in [-0.39, 0.29) is 11.9 Å². The van der Waals surface area contributed by atoms with Crippen LogP contribution < -0.4 is 5.32 Å². The van der Waals surface area contributed by atoms with E-state index < -0.39 is 11.9 Å². The van der Waals surface area contributed by atoms with Gasteiger partial charge in [-0.25, -0.2) is 4.79 Å². The molecule has 2 amide bonds. The molecule has 114 valence electrons. The first-order chi connectivity index (χ1) is 9.97. The Balaban J connectivity index is 1.79. The van der Waals surface area contributed by atoms with Crippen molar-refractivity contribution in [2.45, 2.75) is 20.3 Å². The van der Waals surface area contributed by atoms with Crippen LogP contribution in [0, 0.1) is 18.8 Å². The SMILES string of the molecule is Cc1cccc(CCNC(=O)N2CC(C)C(C(=O)O)C2)c1. The van der Waals surface area contributed by atoms with E-state index >= 15 is 0 Å². The number of hydrogen-bond acceptors (Lipinski definition) is 2. The Morgan fingerprint density at radius 1 is 1.38 bits per heavy atom. The summed E-state index contributed by atoms with van der Waals surface area (Å²) in [6.07, 6.45) is 0.777. The number of carbonyl (C=O) groups is 2. The number of benzene rings is 1. The van der Waals surface area contributed by atoms with Crippen molar-refractivity contribution in [2.75, 3.05) is 19.6 Å². The Kier molecular flexibility index (Phi) is 4.83. The molecule has 0 radical (unpaired) electrons. The summed E-state index contributed by atoms with van der Waals surface area (Å²) in [6, 6.07) is 8.02. The predicted molar refractivity (Wildman–Crippen MR) is 80.1 cm³/mol. The Bertz CT molecular complexity index is 530. The normalized spacial score (nSPS) is 21.3. The number of nitrogens with zero attached hydrogens (tertiary/aromatic N) is 1. The van der Waals surface area contributed by atoms with Gasteiger partial charge in [0.2, 0.25) is 0 Å². The van der Waals surface area contributed by atoms with Crippen molar-refractivity contribution in [2.24, 2.45) is 11.8 Å². The van der Waals surface area contributed by atoms with E-state index in [1.54, 1.807) is 4.90 Å². The van der Waals surface area contributed by atoms with Crippen LogP contribution in [0.1, 0.15) is 18.1 Å². The fourth-order valence-corrected chi connectivity index (χ4v) is 2.75. The highest BCUT2D eigenvalue weighted by Gasteiger charge is 2.36. The zero-order chi connectivity index (χ0) is 15.4. The highest BCUT2D eigenvalue weighted by atomic mass is 16.4. The van der Waals surface area contributed by atoms with Gasteiger partial charge in [-0.05, 0) is 24.8 Å². The number of hydrogen-bond donors (Lipinski definition) is 2. The molecule has 0 bridgehead atoms. The molecule has 21 heavy (non-hydrogen) atoms. The van der Waals surface area contributed by atoms with E-state index in [4.69, 9.17) is 5.11 Å². The average Bonchev–Trinajstić information content (AvgIpc) is 2.81. The van der Waals surface area contributed by atoms with Crippen molar-refractivity contribution in [3.8, 4) is 0 Å². The topological polar surface area (TPSA) is 69.6 Å². The summed E-state index contributed by atoms with van der Waals surface area (Å²) in [5, 5.41) is 11.9. The third-order valence-corrected chi connectivity index (χ3v) is 3.99. The van der Waals surface area contributed by atoms with Gasteiger partial charge in [-0.3, -0.25) is 4.79 Å². The van der Waals surface area contributed by atoms with E-state index in [2.05, 4.69) is 11.4 Å². The monoisotopic (exact) mass is 290 g/mol. The number of likely N-dealkylation sites (tertiary alicyclic amines) is 1. The van der Waals surface area contributed by atoms with Gasteiger partial charge in [-0.1, -0.05) is 36.8 Å². The Hall–Kier alpha value is -2.04. The molecular weight excluding hydrogens is 268 g/mol. The highest BCUT2D eigenvalue weighted by molar-refractivity contribution is 5.77. The van der Waals surface area contributed by atoms with Crippen LogP contribution >= 0.6 is 0 Å². The van der Waals surface area contributed by atoms with Crippen LogP contribution in [0.5, 0.6) is 0 Å². The first kappa shape index (κ1) is 15.4. The molecule has 2 N–H and O–H groups in total. The van der Waals surface area contributed by atoms with Crippen molar-refractivity contribution < 1.29 is 14.7 Å². The second-order valence-electron chi connectivity index (χ2n) is 5.80. The third-order valence-electron chi connectivity index (χ3n) is 3.99. The number of aliphatic carboxylic acids is 1. The van der Waals surface area contributed by atoms with Crippen LogP contribution in [0.3, 0.4) is 0 Å². The molecule has 0 aromatic heterocycles. The highest BCUT2D eigenvalue weighted by Crippen LogP contribution is 2.22. The second kappa shape index (κ2) is 6.61. The molecule has 1 saturated heterocycles. The van der Waals surface area contributed by atoms with Crippen molar-refractivity contribution >= 4 is 12.0 Å². The van der Waals surface area contributed by atoms with Crippen molar-refractivity contribution in [3.63, 3.8) is 0 Å². The molecule has 2 atom stereocenters. The Morgan fingerprint density at radius 3 is 2.76 bits per heavy atom. The molecule has 2 rings (SSSR count). The lowest BCUT2D eigenvalue weighted by molar-refractivity contribution is -0.142. The van der Waals surface area contributed by atoms with E-state index in [1.807, 2.05) is 32.0 Å². The number of carbonyl (C=O) groups excluding carboxylic acids is 1. The smallest absolute Gasteiger partial charge is 0.317 e. The average molecular weight is 290 g/mol. The largest absolute Gasteiger partial charge is 0.481 e. The van der Waals surface area contributed by atoms with Crippen LogP contribution in [0.25, 0.3) is 0 Å². The number of amides is 2. The third kappa shape index (κ3) is 3.97. The fourth-order valence-electron chi connectivity index (χ4n) is 2.75. The summed E-state index contributed by atoms with van der Waals surface area (Å²) in [6.45, 7) is 5.28. The molecule has 1 fully saturated rings. The van der Waals surface area contributed by atoms with E-state index in [9.17, 15) is 9.59 Å². The van der Waals surface area contributed by atoms with Gasteiger partial charge < -0.3 is 15.3 Å². The van der Waals surface area contributed by atoms with Crippen LogP contribution in [-0.2, 0) is 11.2 Å². The summed E-state index contributed by atoms with van der Waals surface area (Å²) in [4.78, 5) is 24.7. The number of urea groups is 1. The maximum Gasteiger partial charge on any atom is 0.317 e. The van der Waals surface area contributed by atoms with Gasteiger partial charge >= 0.3 is 12.0 Å². The molecule has 5 nitrogen and oxygen atoms in total. The van der Waals surface area contributed by atoms with Crippen molar-refractivity contribution in [1.29, 1.82) is 0 Å². The second-order valence-corrected chi connectivity index (χ2v) is 5.80. The minimum Gasteiger partial charge on any atom is -0.481 e. The Labute approximate surface area is 125 Å². The van der Waals surface area contributed by atoms with Gasteiger partial charge in [0.05, 0.1) is 5.92 Å². The van der Waals surface area contributed by atoms with Gasteiger partial charge in [-0.2, -0.15) is 0 Å². The molecule has 0 saturated carbocycles. The molecule has 5 heteroatoms. The summed E-state index contributed by atoms with van der Waals surface area (Å²) in [5.74, 6) is -1.27. The lowest BCUT2D eigenvalue weighted by atomic mass is 9.99. The minimum absolute atomic E-state index is 0.00465. The van der Waals surface area contributed by atoms with Crippen LogP contribution in [0.15, 0.2) is 24.3 Å². The summed E-state index contributed by atoms with van der Waals surface area (Å²) in [7, 11) is 0. The predicted octanol–water partition coefficient (Wildman–Crippen LogP) is 1.90. The molecule has 2 unspecified atom stereocenters. The molecule has 1 heterocycles. The Morgan fingerprint density at radius 2 is 2.14 bits per heavy atom. The summed E-state index contributed by atoms with van der Waals surface area (Å²) < 4.78 is 0. The first-order valence-electron chi connectivity index (χ1n) is 7.28. The molecule has 0 spiro atoms. The molecule has 0 aliphatic carbocycles. The van der Waals surface area contributed by atoms with Gasteiger partial charge in [-0.15, -0.1) is 0 Å². The van der Waals surface area contributed by atoms with E-state index in [0.29, 0.717) is 19.6 Å². The number of carboxylic acid groups (broad SMARTS) is 1. The van der Waals surface area contributed by atoms with Crippen molar-refractivity contribution in [3.05, 3.63) is 35.4 Å². The van der Waals surface area contributed by atoms with Gasteiger partial charge in [0.1, 0.15) is 0 Å². The molecular formula is C16H22N2O3. The fraction of sp³-hybridized carbons (Fsp3) is 0.500. The zero-order valence-corrected chi connectivity index (χ0v) is 12.5. The maximum absolute atomic E-state index is 12.0. The number of nitrogens with one attached hydrogen (secondary N) is 1. The molecule has 1 aliphatic heterocycles. The lowest BCUT2D eigenvalue weighted by Crippen LogP contribution is -2.39. The van der Waals surface area contributed by atoms with Crippen molar-refractivity contribution in [1.82, 2.24) is 10.2 Å². The quantitative estimate of drug-likeness (QED) is 0.890. The van der Waals surface area contributed by atoms with Crippen LogP contribution in [0.2, 0.25) is 0 Å². The maximum atomic E-state index is 12.0. The molecule has 1 aromatic rings. The summed E-state index contributed by atoms with van der Waals surface area (Å²) in [5.41, 5.74) is 2.39. The number of aryl methyl sites for hydroxylation is 1. The molecule has 1 aromatic carbocycles.